The van der Waals surface area contributed by atoms with Gasteiger partial charge in [0, 0.05) is 5.56 Å². The van der Waals surface area contributed by atoms with Gasteiger partial charge in [0.25, 0.3) is 0 Å². The summed E-state index contributed by atoms with van der Waals surface area (Å²) in [6.45, 7) is 4.31. The van der Waals surface area contributed by atoms with Crippen LogP contribution in [0.3, 0.4) is 0 Å². The van der Waals surface area contributed by atoms with Crippen LogP contribution in [0.15, 0.2) is 40.9 Å². The number of hydrogen-bond donors (Lipinski definition) is 1. The molecule has 3 heterocycles. The molecule has 1 aromatic carbocycles. The Morgan fingerprint density at radius 1 is 1.26 bits per heavy atom. The maximum Gasteiger partial charge on any atom is 0.214 e. The molecule has 4 rings (SSSR count). The van der Waals surface area contributed by atoms with Crippen molar-refractivity contribution in [1.82, 2.24) is 14.8 Å². The molecule has 1 N–H and O–H groups in total. The smallest absolute Gasteiger partial charge is 0.214 e. The van der Waals surface area contributed by atoms with Crippen LogP contribution in [0.4, 0.5) is 5.69 Å². The summed E-state index contributed by atoms with van der Waals surface area (Å²) in [7, 11) is -2.95. The Morgan fingerprint density at radius 3 is 2.74 bits per heavy atom. The second-order valence-corrected chi connectivity index (χ2v) is 9.11. The van der Waals surface area contributed by atoms with Crippen LogP contribution in [0.2, 0.25) is 0 Å². The minimum Gasteiger partial charge on any atom is -0.439 e. The number of rotatable bonds is 5. The number of oxazole rings is 1. The lowest BCUT2D eigenvalue weighted by molar-refractivity contribution is 0.486. The van der Waals surface area contributed by atoms with Gasteiger partial charge in [0.15, 0.2) is 15.6 Å². The molecule has 0 aliphatic carbocycles. The number of hydrogen-bond acceptors (Lipinski definition) is 6. The van der Waals surface area contributed by atoms with Crippen LogP contribution in [0.25, 0.3) is 11.3 Å². The molecule has 0 spiro atoms. The lowest BCUT2D eigenvalue weighted by atomic mass is 10.2. The minimum atomic E-state index is -2.95. The molecule has 27 heavy (non-hydrogen) atoms. The quantitative estimate of drug-likeness (QED) is 0.725. The Balaban J connectivity index is 1.49. The van der Waals surface area contributed by atoms with Crippen molar-refractivity contribution in [2.24, 2.45) is 0 Å². The minimum absolute atomic E-state index is 0.0873. The van der Waals surface area contributed by atoms with E-state index in [1.807, 2.05) is 48.9 Å². The van der Waals surface area contributed by atoms with Crippen LogP contribution in [-0.2, 0) is 16.4 Å². The first-order valence-corrected chi connectivity index (χ1v) is 10.8. The summed E-state index contributed by atoms with van der Waals surface area (Å²) < 4.78 is 31.2. The summed E-state index contributed by atoms with van der Waals surface area (Å²) in [4.78, 5) is 4.33. The number of benzene rings is 1. The summed E-state index contributed by atoms with van der Waals surface area (Å²) in [5.74, 6) is 1.71. The summed E-state index contributed by atoms with van der Waals surface area (Å²) in [5, 5.41) is 7.90. The summed E-state index contributed by atoms with van der Waals surface area (Å²) in [6, 6.07) is 9.74. The fourth-order valence-corrected chi connectivity index (χ4v) is 5.23. The predicted octanol–water partition coefficient (Wildman–Crippen LogP) is 3.13. The molecule has 3 aromatic rings. The van der Waals surface area contributed by atoms with Crippen LogP contribution in [0, 0.1) is 13.8 Å². The second kappa shape index (κ2) is 6.84. The molecule has 142 valence electrons. The van der Waals surface area contributed by atoms with E-state index in [1.54, 1.807) is 6.20 Å². The van der Waals surface area contributed by atoms with Gasteiger partial charge >= 0.3 is 0 Å². The van der Waals surface area contributed by atoms with Crippen molar-refractivity contribution < 1.29 is 12.8 Å². The Labute approximate surface area is 158 Å². The van der Waals surface area contributed by atoms with E-state index in [9.17, 15) is 8.42 Å². The first-order chi connectivity index (χ1) is 12.9. The number of aryl methyl sites for hydroxylation is 1. The third-order valence-electron chi connectivity index (χ3n) is 4.91. The zero-order valence-corrected chi connectivity index (χ0v) is 16.2. The van der Waals surface area contributed by atoms with Crippen molar-refractivity contribution >= 4 is 15.5 Å². The van der Waals surface area contributed by atoms with Crippen LogP contribution in [0.1, 0.15) is 29.7 Å². The first-order valence-electron chi connectivity index (χ1n) is 8.93. The highest BCUT2D eigenvalue weighted by atomic mass is 32.2. The van der Waals surface area contributed by atoms with Gasteiger partial charge < -0.3 is 9.73 Å². The SMILES string of the molecule is Cc1nn(C2CCS(=O)(=O)C2)c(C)c1NCc1ncc(-c2ccccc2)o1. The highest BCUT2D eigenvalue weighted by Gasteiger charge is 2.31. The largest absolute Gasteiger partial charge is 0.439 e. The van der Waals surface area contributed by atoms with E-state index in [1.165, 1.54) is 0 Å². The second-order valence-electron chi connectivity index (χ2n) is 6.89. The molecule has 7 nitrogen and oxygen atoms in total. The topological polar surface area (TPSA) is 90.0 Å². The molecule has 1 aliphatic heterocycles. The van der Waals surface area contributed by atoms with E-state index in [0.717, 1.165) is 28.4 Å². The van der Waals surface area contributed by atoms with Crippen molar-refractivity contribution in [3.05, 3.63) is 53.8 Å². The summed E-state index contributed by atoms with van der Waals surface area (Å²) in [5.41, 5.74) is 3.66. The molecule has 1 atom stereocenters. The maximum atomic E-state index is 11.8. The molecule has 1 fully saturated rings. The molecule has 2 aromatic heterocycles. The van der Waals surface area contributed by atoms with Gasteiger partial charge in [-0.1, -0.05) is 30.3 Å². The van der Waals surface area contributed by atoms with Crippen LogP contribution >= 0.6 is 0 Å². The van der Waals surface area contributed by atoms with Gasteiger partial charge in [-0.25, -0.2) is 13.4 Å². The molecule has 0 saturated carbocycles. The third kappa shape index (κ3) is 3.62. The van der Waals surface area contributed by atoms with Gasteiger partial charge in [0.05, 0.1) is 47.4 Å². The van der Waals surface area contributed by atoms with Gasteiger partial charge in [-0.05, 0) is 20.3 Å². The van der Waals surface area contributed by atoms with Crippen molar-refractivity contribution in [3.63, 3.8) is 0 Å². The molecular weight excluding hydrogens is 364 g/mol. The lowest BCUT2D eigenvalue weighted by Crippen LogP contribution is -2.14. The average Bonchev–Trinajstić information content (AvgIpc) is 3.33. The number of anilines is 1. The zero-order chi connectivity index (χ0) is 19.0. The van der Waals surface area contributed by atoms with Gasteiger partial charge in [-0.15, -0.1) is 0 Å². The van der Waals surface area contributed by atoms with Crippen molar-refractivity contribution in [2.75, 3.05) is 16.8 Å². The van der Waals surface area contributed by atoms with E-state index in [4.69, 9.17) is 4.42 Å². The molecule has 0 bridgehead atoms. The summed E-state index contributed by atoms with van der Waals surface area (Å²) >= 11 is 0. The number of nitrogens with zero attached hydrogens (tertiary/aromatic N) is 3. The number of aromatic nitrogens is 3. The molecule has 1 unspecified atom stereocenters. The Bertz CT molecular complexity index is 1050. The van der Waals surface area contributed by atoms with Crippen molar-refractivity contribution in [1.29, 1.82) is 0 Å². The van der Waals surface area contributed by atoms with Crippen LogP contribution in [-0.4, -0.2) is 34.7 Å². The predicted molar refractivity (Wildman–Crippen MR) is 103 cm³/mol. The van der Waals surface area contributed by atoms with E-state index in [2.05, 4.69) is 15.4 Å². The maximum absolute atomic E-state index is 11.8. The summed E-state index contributed by atoms with van der Waals surface area (Å²) in [6.07, 6.45) is 2.34. The van der Waals surface area contributed by atoms with E-state index in [0.29, 0.717) is 18.9 Å². The standard InChI is InChI=1S/C19H22N4O3S/c1-13-19(14(2)23(22-13)16-8-9-27(24,25)12-16)21-11-18-20-10-17(26-18)15-6-4-3-5-7-15/h3-7,10,16,21H,8-9,11-12H2,1-2H3. The molecule has 0 amide bonds. The van der Waals surface area contributed by atoms with Gasteiger partial charge in [-0.3, -0.25) is 4.68 Å². The Kier molecular flexibility index (Phi) is 4.51. The van der Waals surface area contributed by atoms with Gasteiger partial charge in [0.1, 0.15) is 0 Å². The van der Waals surface area contributed by atoms with Crippen molar-refractivity contribution in [3.8, 4) is 11.3 Å². The van der Waals surface area contributed by atoms with Gasteiger partial charge in [0.2, 0.25) is 5.89 Å². The third-order valence-corrected chi connectivity index (χ3v) is 6.66. The lowest BCUT2D eigenvalue weighted by Gasteiger charge is -2.11. The highest BCUT2D eigenvalue weighted by molar-refractivity contribution is 7.91. The first kappa shape index (κ1) is 17.8. The molecular formula is C19H22N4O3S. The van der Waals surface area contributed by atoms with Crippen molar-refractivity contribution in [2.45, 2.75) is 32.9 Å². The average molecular weight is 386 g/mol. The van der Waals surface area contributed by atoms with Gasteiger partial charge in [-0.2, -0.15) is 5.10 Å². The van der Waals surface area contributed by atoms with E-state index < -0.39 is 9.84 Å². The molecule has 8 heteroatoms. The fourth-order valence-electron chi connectivity index (χ4n) is 3.53. The highest BCUT2D eigenvalue weighted by Crippen LogP contribution is 2.29. The number of sulfone groups is 1. The van der Waals surface area contributed by atoms with Crippen LogP contribution < -0.4 is 5.32 Å². The molecule has 0 radical (unpaired) electrons. The Morgan fingerprint density at radius 2 is 2.04 bits per heavy atom. The zero-order valence-electron chi connectivity index (χ0n) is 15.3. The monoisotopic (exact) mass is 386 g/mol. The van der Waals surface area contributed by atoms with Crippen LogP contribution in [0.5, 0.6) is 0 Å². The molecule has 1 aliphatic rings. The normalized spacial score (nSPS) is 18.7. The Hall–Kier alpha value is -2.61. The fraction of sp³-hybridized carbons (Fsp3) is 0.368. The number of nitrogens with one attached hydrogen (secondary N) is 1. The van der Waals surface area contributed by atoms with E-state index in [-0.39, 0.29) is 17.5 Å². The molecule has 1 saturated heterocycles. The van der Waals surface area contributed by atoms with E-state index >= 15 is 0 Å².